The van der Waals surface area contributed by atoms with Crippen LogP contribution in [0.2, 0.25) is 0 Å². The maximum absolute atomic E-state index is 6.01. The molecule has 2 N–H and O–H groups in total. The molecule has 22 heavy (non-hydrogen) atoms. The van der Waals surface area contributed by atoms with Crippen LogP contribution >= 0.6 is 24.0 Å². The molecule has 1 aliphatic heterocycles. The number of aliphatic imine (C=N–C) groups is 1. The van der Waals surface area contributed by atoms with Crippen LogP contribution in [-0.4, -0.2) is 50.9 Å². The Bertz CT molecular complexity index is 491. The third-order valence-corrected chi connectivity index (χ3v) is 3.29. The van der Waals surface area contributed by atoms with Gasteiger partial charge in [0.2, 0.25) is 0 Å². The van der Waals surface area contributed by atoms with E-state index >= 15 is 0 Å². The van der Waals surface area contributed by atoms with E-state index in [1.807, 2.05) is 30.0 Å². The summed E-state index contributed by atoms with van der Waals surface area (Å²) in [6.45, 7) is 6.06. The molecule has 0 amide bonds. The lowest BCUT2D eigenvalue weighted by Gasteiger charge is -2.27. The number of hydrogen-bond acceptors (Lipinski definition) is 4. The molecule has 1 aromatic rings. The number of halogens is 1. The number of guanidine groups is 1. The van der Waals surface area contributed by atoms with Gasteiger partial charge in [-0.15, -0.1) is 24.0 Å². The topological polar surface area (TPSA) is 69.3 Å². The first-order valence-corrected chi connectivity index (χ1v) is 7.17. The Morgan fingerprint density at radius 3 is 2.68 bits per heavy atom. The summed E-state index contributed by atoms with van der Waals surface area (Å²) in [6.07, 6.45) is 0. The quantitative estimate of drug-likeness (QED) is 0.447. The summed E-state index contributed by atoms with van der Waals surface area (Å²) in [5.41, 5.74) is 7.04. The zero-order valence-corrected chi connectivity index (χ0v) is 15.4. The van der Waals surface area contributed by atoms with Crippen molar-refractivity contribution in [3.63, 3.8) is 0 Å². The van der Waals surface area contributed by atoms with Crippen molar-refractivity contribution < 1.29 is 14.2 Å². The first-order valence-electron chi connectivity index (χ1n) is 7.17. The van der Waals surface area contributed by atoms with Gasteiger partial charge in [-0.3, -0.25) is 0 Å². The molecule has 0 spiro atoms. The fourth-order valence-electron chi connectivity index (χ4n) is 2.15. The fourth-order valence-corrected chi connectivity index (χ4v) is 2.15. The van der Waals surface area contributed by atoms with Crippen molar-refractivity contribution >= 4 is 29.9 Å². The number of hydrogen-bond donors (Lipinski definition) is 1. The number of nitrogens with zero attached hydrogens (tertiary/aromatic N) is 2. The first-order chi connectivity index (χ1) is 10.2. The number of nitrogens with two attached hydrogens (primary N) is 1. The molecule has 124 valence electrons. The minimum Gasteiger partial charge on any atom is -0.493 e. The van der Waals surface area contributed by atoms with Crippen LogP contribution in [0, 0.1) is 0 Å². The van der Waals surface area contributed by atoms with Crippen molar-refractivity contribution in [1.82, 2.24) is 4.90 Å². The molecule has 2 rings (SSSR count). The van der Waals surface area contributed by atoms with Crippen LogP contribution in [0.5, 0.6) is 11.5 Å². The second-order valence-electron chi connectivity index (χ2n) is 4.69. The van der Waals surface area contributed by atoms with E-state index in [0.717, 1.165) is 30.2 Å². The normalized spacial score (nSPS) is 15.2. The van der Waals surface area contributed by atoms with E-state index in [2.05, 4.69) is 4.99 Å². The van der Waals surface area contributed by atoms with Gasteiger partial charge in [-0.05, 0) is 24.6 Å². The highest BCUT2D eigenvalue weighted by Crippen LogP contribution is 2.28. The van der Waals surface area contributed by atoms with Gasteiger partial charge in [-0.1, -0.05) is 6.07 Å². The summed E-state index contributed by atoms with van der Waals surface area (Å²) in [5, 5.41) is 0. The van der Waals surface area contributed by atoms with Gasteiger partial charge in [-0.25, -0.2) is 4.99 Å². The average molecular weight is 421 g/mol. The SMILES string of the molecule is CCOc1ccc(CN=C(N)N2CCOCC2)cc1OC.I. The fraction of sp³-hybridized carbons (Fsp3) is 0.533. The van der Waals surface area contributed by atoms with E-state index < -0.39 is 0 Å². The van der Waals surface area contributed by atoms with Crippen LogP contribution in [0.25, 0.3) is 0 Å². The molecule has 0 saturated carbocycles. The van der Waals surface area contributed by atoms with Crippen molar-refractivity contribution in [2.24, 2.45) is 10.7 Å². The lowest BCUT2D eigenvalue weighted by Crippen LogP contribution is -2.44. The smallest absolute Gasteiger partial charge is 0.191 e. The van der Waals surface area contributed by atoms with Crippen LogP contribution in [0.3, 0.4) is 0 Å². The van der Waals surface area contributed by atoms with Crippen LogP contribution in [-0.2, 0) is 11.3 Å². The largest absolute Gasteiger partial charge is 0.493 e. The molecular weight excluding hydrogens is 397 g/mol. The van der Waals surface area contributed by atoms with E-state index in [1.165, 1.54) is 0 Å². The number of methoxy groups -OCH3 is 1. The number of benzene rings is 1. The maximum Gasteiger partial charge on any atom is 0.191 e. The van der Waals surface area contributed by atoms with Gasteiger partial charge in [0.25, 0.3) is 0 Å². The summed E-state index contributed by atoms with van der Waals surface area (Å²) in [4.78, 5) is 6.47. The zero-order valence-electron chi connectivity index (χ0n) is 13.1. The highest BCUT2D eigenvalue weighted by molar-refractivity contribution is 14.0. The summed E-state index contributed by atoms with van der Waals surface area (Å²) < 4.78 is 16.1. The lowest BCUT2D eigenvalue weighted by atomic mass is 10.2. The summed E-state index contributed by atoms with van der Waals surface area (Å²) in [5.74, 6) is 2.02. The van der Waals surface area contributed by atoms with Gasteiger partial charge in [0.1, 0.15) is 0 Å². The van der Waals surface area contributed by atoms with Crippen LogP contribution in [0.4, 0.5) is 0 Å². The van der Waals surface area contributed by atoms with Crippen LogP contribution < -0.4 is 15.2 Å². The second kappa shape index (κ2) is 9.73. The first kappa shape index (κ1) is 18.8. The third-order valence-electron chi connectivity index (χ3n) is 3.29. The van der Waals surface area contributed by atoms with Gasteiger partial charge in [0.05, 0.1) is 33.5 Å². The summed E-state index contributed by atoms with van der Waals surface area (Å²) >= 11 is 0. The number of ether oxygens (including phenoxy) is 3. The molecule has 0 unspecified atom stereocenters. The molecule has 1 saturated heterocycles. The van der Waals surface area contributed by atoms with E-state index in [0.29, 0.717) is 32.3 Å². The van der Waals surface area contributed by atoms with Gasteiger partial charge < -0.3 is 24.8 Å². The molecule has 0 radical (unpaired) electrons. The monoisotopic (exact) mass is 421 g/mol. The molecule has 1 fully saturated rings. The van der Waals surface area contributed by atoms with E-state index in [1.54, 1.807) is 7.11 Å². The Morgan fingerprint density at radius 2 is 2.05 bits per heavy atom. The highest BCUT2D eigenvalue weighted by Gasteiger charge is 2.12. The molecule has 7 heteroatoms. The van der Waals surface area contributed by atoms with Gasteiger partial charge in [-0.2, -0.15) is 0 Å². The Hall–Kier alpha value is -1.22. The average Bonchev–Trinajstić information content (AvgIpc) is 2.54. The minimum atomic E-state index is 0. The molecule has 0 aromatic heterocycles. The third kappa shape index (κ3) is 5.20. The summed E-state index contributed by atoms with van der Waals surface area (Å²) in [7, 11) is 1.63. The van der Waals surface area contributed by atoms with E-state index in [-0.39, 0.29) is 24.0 Å². The molecule has 6 nitrogen and oxygen atoms in total. The van der Waals surface area contributed by atoms with Crippen molar-refractivity contribution in [2.45, 2.75) is 13.5 Å². The molecule has 0 bridgehead atoms. The molecule has 0 aliphatic carbocycles. The van der Waals surface area contributed by atoms with Crippen LogP contribution in [0.15, 0.2) is 23.2 Å². The zero-order chi connectivity index (χ0) is 15.1. The van der Waals surface area contributed by atoms with Gasteiger partial charge in [0, 0.05) is 13.1 Å². The lowest BCUT2D eigenvalue weighted by molar-refractivity contribution is 0.0674. The molecule has 1 aromatic carbocycles. The Morgan fingerprint density at radius 1 is 1.32 bits per heavy atom. The van der Waals surface area contributed by atoms with E-state index in [4.69, 9.17) is 19.9 Å². The molecular formula is C15H24IN3O3. The number of morpholine rings is 1. The predicted octanol–water partition coefficient (Wildman–Crippen LogP) is 1.86. The van der Waals surface area contributed by atoms with Crippen molar-refractivity contribution in [3.05, 3.63) is 23.8 Å². The van der Waals surface area contributed by atoms with Crippen LogP contribution in [0.1, 0.15) is 12.5 Å². The molecule has 1 aliphatic rings. The predicted molar refractivity (Wildman–Crippen MR) is 97.3 cm³/mol. The maximum atomic E-state index is 6.01. The summed E-state index contributed by atoms with van der Waals surface area (Å²) in [6, 6.07) is 5.81. The van der Waals surface area contributed by atoms with Crippen molar-refractivity contribution in [2.75, 3.05) is 40.0 Å². The highest BCUT2D eigenvalue weighted by atomic mass is 127. The number of rotatable bonds is 5. The minimum absolute atomic E-state index is 0. The Kier molecular flexibility index (Phi) is 8.32. The van der Waals surface area contributed by atoms with E-state index in [9.17, 15) is 0 Å². The Balaban J connectivity index is 0.00000242. The standard InChI is InChI=1S/C15H23N3O3.HI/c1-3-21-13-5-4-12(10-14(13)19-2)11-17-15(16)18-6-8-20-9-7-18;/h4-5,10H,3,6-9,11H2,1-2H3,(H2,16,17);1H. The van der Waals surface area contributed by atoms with Gasteiger partial charge >= 0.3 is 0 Å². The molecule has 1 heterocycles. The van der Waals surface area contributed by atoms with Gasteiger partial charge in [0.15, 0.2) is 17.5 Å². The molecule has 0 atom stereocenters. The van der Waals surface area contributed by atoms with Crippen molar-refractivity contribution in [3.8, 4) is 11.5 Å². The van der Waals surface area contributed by atoms with Crippen molar-refractivity contribution in [1.29, 1.82) is 0 Å². The second-order valence-corrected chi connectivity index (χ2v) is 4.69. The Labute approximate surface area is 148 Å².